The fourth-order valence-corrected chi connectivity index (χ4v) is 6.33. The number of esters is 1. The standard InChI is InChI=1S/C22H24O3/c1-20-9-5-15(23)13-14(20)3-4-16-17(20)6-10-21(2)18(16)7-11-22(21)12-8-19(24)25-22/h3-6,9-10,13,16-18H,7-8,11-12H2,1-2H3/t16?,17?,18?,20?,21?,22-/m1/s1. The lowest BCUT2D eigenvalue weighted by Gasteiger charge is -2.53. The molecular weight excluding hydrogens is 312 g/mol. The molecular formula is C22H24O3. The topological polar surface area (TPSA) is 43.4 Å². The molecule has 5 aliphatic rings. The number of fused-ring (bicyclic) bond motifs is 6. The van der Waals surface area contributed by atoms with Crippen molar-refractivity contribution in [3.8, 4) is 0 Å². The molecule has 0 aromatic carbocycles. The summed E-state index contributed by atoms with van der Waals surface area (Å²) >= 11 is 0. The predicted molar refractivity (Wildman–Crippen MR) is 94.5 cm³/mol. The second-order valence-electron chi connectivity index (χ2n) is 8.84. The van der Waals surface area contributed by atoms with Crippen molar-refractivity contribution in [3.05, 3.63) is 48.1 Å². The van der Waals surface area contributed by atoms with Gasteiger partial charge in [-0.25, -0.2) is 0 Å². The summed E-state index contributed by atoms with van der Waals surface area (Å²) in [5.41, 5.74) is 0.609. The van der Waals surface area contributed by atoms with Crippen LogP contribution in [0.4, 0.5) is 0 Å². The number of hydrogen-bond acceptors (Lipinski definition) is 3. The molecule has 1 aliphatic heterocycles. The number of hydrogen-bond donors (Lipinski definition) is 0. The highest BCUT2D eigenvalue weighted by molar-refractivity contribution is 6.01. The zero-order valence-electron chi connectivity index (χ0n) is 14.8. The maximum Gasteiger partial charge on any atom is 0.306 e. The molecule has 5 rings (SSSR count). The van der Waals surface area contributed by atoms with Gasteiger partial charge in [0.05, 0.1) is 0 Å². The van der Waals surface area contributed by atoms with E-state index < -0.39 is 0 Å². The van der Waals surface area contributed by atoms with Crippen molar-refractivity contribution in [2.75, 3.05) is 0 Å². The van der Waals surface area contributed by atoms with Gasteiger partial charge in [0.1, 0.15) is 5.60 Å². The minimum atomic E-state index is -0.306. The maximum atomic E-state index is 11.9. The zero-order chi connectivity index (χ0) is 17.4. The molecule has 3 nitrogen and oxygen atoms in total. The quantitative estimate of drug-likeness (QED) is 0.497. The minimum absolute atomic E-state index is 0.0394. The van der Waals surface area contributed by atoms with E-state index in [-0.39, 0.29) is 28.2 Å². The summed E-state index contributed by atoms with van der Waals surface area (Å²) < 4.78 is 5.92. The molecule has 25 heavy (non-hydrogen) atoms. The van der Waals surface area contributed by atoms with Gasteiger partial charge in [-0.1, -0.05) is 44.2 Å². The molecule has 2 fully saturated rings. The molecule has 1 spiro atoms. The van der Waals surface area contributed by atoms with E-state index in [4.69, 9.17) is 4.74 Å². The lowest BCUT2D eigenvalue weighted by Crippen LogP contribution is -2.50. The molecule has 3 heteroatoms. The fraction of sp³-hybridized carbons (Fsp3) is 0.545. The van der Waals surface area contributed by atoms with Crippen molar-refractivity contribution in [3.63, 3.8) is 0 Å². The van der Waals surface area contributed by atoms with Crippen LogP contribution in [0.5, 0.6) is 0 Å². The Balaban J connectivity index is 1.59. The molecule has 0 bridgehead atoms. The Hall–Kier alpha value is -1.90. The molecule has 1 heterocycles. The second-order valence-corrected chi connectivity index (χ2v) is 8.84. The summed E-state index contributed by atoms with van der Waals surface area (Å²) in [6, 6.07) is 0. The number of carbonyl (C=O) groups is 2. The van der Waals surface area contributed by atoms with Crippen LogP contribution in [0.15, 0.2) is 48.1 Å². The third-order valence-electron chi connectivity index (χ3n) is 7.89. The second kappa shape index (κ2) is 4.63. The first-order valence-electron chi connectivity index (χ1n) is 9.43. The van der Waals surface area contributed by atoms with Crippen LogP contribution in [0, 0.1) is 28.6 Å². The highest BCUT2D eigenvalue weighted by Gasteiger charge is 2.64. The van der Waals surface area contributed by atoms with E-state index in [1.807, 2.05) is 0 Å². The summed E-state index contributed by atoms with van der Waals surface area (Å²) in [5, 5.41) is 0. The van der Waals surface area contributed by atoms with Crippen molar-refractivity contribution in [1.29, 1.82) is 0 Å². The average molecular weight is 336 g/mol. The van der Waals surface area contributed by atoms with Crippen molar-refractivity contribution in [1.82, 2.24) is 0 Å². The number of ether oxygens (including phenoxy) is 1. The van der Waals surface area contributed by atoms with Crippen LogP contribution in [-0.2, 0) is 14.3 Å². The Morgan fingerprint density at radius 3 is 2.68 bits per heavy atom. The lowest BCUT2D eigenvalue weighted by atomic mass is 9.52. The third-order valence-corrected chi connectivity index (χ3v) is 7.89. The molecule has 0 aromatic rings. The van der Waals surface area contributed by atoms with Crippen LogP contribution in [0.2, 0.25) is 0 Å². The fourth-order valence-electron chi connectivity index (χ4n) is 6.33. The van der Waals surface area contributed by atoms with Gasteiger partial charge in [-0.05, 0) is 54.7 Å². The summed E-state index contributed by atoms with van der Waals surface area (Å²) in [7, 11) is 0. The number of allylic oxidation sites excluding steroid dienone is 7. The first-order valence-corrected chi connectivity index (χ1v) is 9.43. The summed E-state index contributed by atoms with van der Waals surface area (Å²) in [6.07, 6.45) is 18.2. The van der Waals surface area contributed by atoms with Crippen LogP contribution in [0.1, 0.15) is 39.5 Å². The Bertz CT molecular complexity index is 800. The predicted octanol–water partition coefficient (Wildman–Crippen LogP) is 3.92. The largest absolute Gasteiger partial charge is 0.458 e. The monoisotopic (exact) mass is 336 g/mol. The van der Waals surface area contributed by atoms with E-state index in [0.29, 0.717) is 24.2 Å². The first-order chi connectivity index (χ1) is 11.9. The Morgan fingerprint density at radius 1 is 1.08 bits per heavy atom. The van der Waals surface area contributed by atoms with Crippen molar-refractivity contribution in [2.45, 2.75) is 45.1 Å². The van der Waals surface area contributed by atoms with Gasteiger partial charge < -0.3 is 4.74 Å². The number of rotatable bonds is 0. The zero-order valence-corrected chi connectivity index (χ0v) is 14.8. The first kappa shape index (κ1) is 15.4. The van der Waals surface area contributed by atoms with E-state index in [1.54, 1.807) is 12.2 Å². The van der Waals surface area contributed by atoms with Gasteiger partial charge in [-0.15, -0.1) is 0 Å². The van der Waals surface area contributed by atoms with Crippen molar-refractivity contribution < 1.29 is 14.3 Å². The SMILES string of the molecule is CC12C=CC(=O)C=C1C=CC1C2C=CC2(C)C1CC[C@@]21CCC(=O)O1. The Kier molecular flexibility index (Phi) is 2.84. The molecule has 1 saturated heterocycles. The molecule has 1 saturated carbocycles. The van der Waals surface area contributed by atoms with E-state index in [0.717, 1.165) is 24.8 Å². The van der Waals surface area contributed by atoms with Crippen LogP contribution in [-0.4, -0.2) is 17.4 Å². The van der Waals surface area contributed by atoms with Gasteiger partial charge >= 0.3 is 5.97 Å². The van der Waals surface area contributed by atoms with Gasteiger partial charge in [0.2, 0.25) is 0 Å². The molecule has 0 amide bonds. The highest BCUT2D eigenvalue weighted by Crippen LogP contribution is 2.65. The van der Waals surface area contributed by atoms with Crippen LogP contribution in [0.25, 0.3) is 0 Å². The van der Waals surface area contributed by atoms with E-state index >= 15 is 0 Å². The van der Waals surface area contributed by atoms with Gasteiger partial charge in [0.25, 0.3) is 0 Å². The molecule has 5 unspecified atom stereocenters. The Morgan fingerprint density at radius 2 is 1.92 bits per heavy atom. The van der Waals surface area contributed by atoms with Gasteiger partial charge in [0.15, 0.2) is 5.78 Å². The number of carbonyl (C=O) groups excluding carboxylic acids is 2. The molecule has 6 atom stereocenters. The van der Waals surface area contributed by atoms with Crippen LogP contribution >= 0.6 is 0 Å². The average Bonchev–Trinajstić information content (AvgIpc) is 3.10. The smallest absolute Gasteiger partial charge is 0.306 e. The van der Waals surface area contributed by atoms with Crippen molar-refractivity contribution >= 4 is 11.8 Å². The molecule has 0 N–H and O–H groups in total. The summed E-state index contributed by atoms with van der Waals surface area (Å²) in [5.74, 6) is 1.31. The van der Waals surface area contributed by atoms with Crippen LogP contribution < -0.4 is 0 Å². The van der Waals surface area contributed by atoms with Gasteiger partial charge in [0, 0.05) is 17.3 Å². The van der Waals surface area contributed by atoms with E-state index in [9.17, 15) is 9.59 Å². The van der Waals surface area contributed by atoms with Crippen LogP contribution in [0.3, 0.4) is 0 Å². The summed E-state index contributed by atoms with van der Waals surface area (Å²) in [6.45, 7) is 4.54. The van der Waals surface area contributed by atoms with Gasteiger partial charge in [-0.2, -0.15) is 0 Å². The Labute approximate surface area is 148 Å². The molecule has 0 radical (unpaired) electrons. The molecule has 4 aliphatic carbocycles. The third kappa shape index (κ3) is 1.77. The molecule has 0 aromatic heterocycles. The van der Waals surface area contributed by atoms with E-state index in [2.05, 4.69) is 44.2 Å². The molecule has 130 valence electrons. The summed E-state index contributed by atoms with van der Waals surface area (Å²) in [4.78, 5) is 23.7. The number of ketones is 1. The lowest BCUT2D eigenvalue weighted by molar-refractivity contribution is -0.156. The minimum Gasteiger partial charge on any atom is -0.458 e. The van der Waals surface area contributed by atoms with Crippen molar-refractivity contribution in [2.24, 2.45) is 28.6 Å². The van der Waals surface area contributed by atoms with Gasteiger partial charge in [-0.3, -0.25) is 9.59 Å². The highest BCUT2D eigenvalue weighted by atomic mass is 16.6. The maximum absolute atomic E-state index is 11.9. The van der Waals surface area contributed by atoms with E-state index in [1.165, 1.54) is 0 Å². The normalized spacial score (nSPS) is 49.7.